The Morgan fingerprint density at radius 2 is 0.826 bits per heavy atom. The van der Waals surface area contributed by atoms with Crippen molar-refractivity contribution in [2.75, 3.05) is 91.6 Å². The number of amides is 5. The summed E-state index contributed by atoms with van der Waals surface area (Å²) in [5, 5.41) is 6.01. The monoisotopic (exact) mass is 1170 g/mol. The van der Waals surface area contributed by atoms with Crippen molar-refractivity contribution in [1.29, 1.82) is 0 Å². The van der Waals surface area contributed by atoms with Crippen LogP contribution in [-0.2, 0) is 46.8 Å². The third-order valence-corrected chi connectivity index (χ3v) is 16.1. The van der Waals surface area contributed by atoms with Gasteiger partial charge in [0, 0.05) is 151 Å². The highest BCUT2D eigenvalue weighted by Crippen LogP contribution is 2.25. The number of aromatic nitrogens is 2. The van der Waals surface area contributed by atoms with E-state index < -0.39 is 5.60 Å². The van der Waals surface area contributed by atoms with Gasteiger partial charge in [-0.15, -0.1) is 0 Å². The molecule has 6 heterocycles. The van der Waals surface area contributed by atoms with Gasteiger partial charge < -0.3 is 30.1 Å². The molecule has 2 N–H and O–H groups in total. The molecular formula is C69H86N10O7. The number of piperazine rings is 2. The van der Waals surface area contributed by atoms with Crippen LogP contribution in [-0.4, -0.2) is 173 Å². The summed E-state index contributed by atoms with van der Waals surface area (Å²) >= 11 is 0. The van der Waals surface area contributed by atoms with Crippen LogP contribution in [0.5, 0.6) is 0 Å². The summed E-state index contributed by atoms with van der Waals surface area (Å²) in [7, 11) is 0. The van der Waals surface area contributed by atoms with Crippen molar-refractivity contribution in [1.82, 2.24) is 50.0 Å². The van der Waals surface area contributed by atoms with Crippen molar-refractivity contribution in [3.05, 3.63) is 203 Å². The summed E-state index contributed by atoms with van der Waals surface area (Å²) < 4.78 is 5.47. The van der Waals surface area contributed by atoms with Gasteiger partial charge in [-0.05, 0) is 149 Å². The maximum Gasteiger partial charge on any atom is 0.410 e. The number of hydrogen-bond donors (Lipinski definition) is 2. The number of ether oxygens (including phenoxy) is 1. The molecule has 4 aliphatic heterocycles. The second-order valence-electron chi connectivity index (χ2n) is 23.6. The highest BCUT2D eigenvalue weighted by molar-refractivity contribution is 5.94. The highest BCUT2D eigenvalue weighted by atomic mass is 16.6. The van der Waals surface area contributed by atoms with Crippen molar-refractivity contribution in [2.24, 2.45) is 11.8 Å². The molecule has 4 aliphatic rings. The number of carbonyl (C=O) groups is 6. The van der Waals surface area contributed by atoms with E-state index >= 15 is 0 Å². The minimum Gasteiger partial charge on any atom is -0.444 e. The molecule has 4 saturated heterocycles. The molecule has 0 saturated carbocycles. The predicted octanol–water partition coefficient (Wildman–Crippen LogP) is 8.46. The molecule has 0 spiro atoms. The summed E-state index contributed by atoms with van der Waals surface area (Å²) in [5.74, 6) is 0.578. The van der Waals surface area contributed by atoms with Crippen LogP contribution in [0.3, 0.4) is 0 Å². The van der Waals surface area contributed by atoms with E-state index in [4.69, 9.17) is 4.74 Å². The van der Waals surface area contributed by atoms with Crippen molar-refractivity contribution in [2.45, 2.75) is 84.5 Å². The largest absolute Gasteiger partial charge is 0.444 e. The van der Waals surface area contributed by atoms with Crippen molar-refractivity contribution < 1.29 is 33.5 Å². The fraction of sp³-hybridized carbons (Fsp3) is 0.420. The molecule has 17 heteroatoms. The molecule has 0 radical (unpaired) electrons. The molecule has 454 valence electrons. The number of likely N-dealkylation sites (tertiary alicyclic amines) is 2. The van der Waals surface area contributed by atoms with E-state index in [0.717, 1.165) is 110 Å². The maximum absolute atomic E-state index is 13.2. The summed E-state index contributed by atoms with van der Waals surface area (Å²) in [6.45, 7) is 18.9. The Hall–Kier alpha value is -8.12. The lowest BCUT2D eigenvalue weighted by atomic mass is 9.94. The molecule has 2 aromatic heterocycles. The van der Waals surface area contributed by atoms with Gasteiger partial charge in [0.1, 0.15) is 11.9 Å². The lowest BCUT2D eigenvalue weighted by Crippen LogP contribution is -2.51. The van der Waals surface area contributed by atoms with E-state index in [2.05, 4.69) is 76.6 Å². The average molecular weight is 1170 g/mol. The van der Waals surface area contributed by atoms with Crippen molar-refractivity contribution >= 4 is 36.0 Å². The van der Waals surface area contributed by atoms with E-state index in [9.17, 15) is 28.8 Å². The fourth-order valence-corrected chi connectivity index (χ4v) is 11.1. The SMILES string of the molecule is CC(C)(C)OC(=O)N1CCC(C(=O)N2CCN(Cc3ccc(C(=O)NCCc4ccccc4)cc3)CC2)CC1.O=C(NCCc1ccccc1)c1ccc(CN2CCN(C(=O)C3CCN(Cc4ccncc4)CC3)CC2)cc1.O=Cc1ccncc1. The van der Waals surface area contributed by atoms with E-state index in [1.165, 1.54) is 22.3 Å². The van der Waals surface area contributed by atoms with Crippen LogP contribution in [0.15, 0.2) is 158 Å². The Morgan fingerprint density at radius 1 is 0.453 bits per heavy atom. The number of piperidine rings is 2. The average Bonchev–Trinajstić information content (AvgIpc) is 3.24. The van der Waals surface area contributed by atoms with Crippen molar-refractivity contribution in [3.63, 3.8) is 0 Å². The normalized spacial score (nSPS) is 16.3. The van der Waals surface area contributed by atoms with Crippen LogP contribution < -0.4 is 10.6 Å². The number of nitrogens with one attached hydrogen (secondary N) is 2. The molecule has 0 unspecified atom stereocenters. The zero-order valence-corrected chi connectivity index (χ0v) is 50.4. The van der Waals surface area contributed by atoms with E-state index in [1.807, 2.05) is 123 Å². The predicted molar refractivity (Wildman–Crippen MR) is 334 cm³/mol. The molecule has 6 aromatic rings. The van der Waals surface area contributed by atoms with Crippen LogP contribution in [0.2, 0.25) is 0 Å². The topological polar surface area (TPSA) is 181 Å². The molecule has 86 heavy (non-hydrogen) atoms. The molecule has 0 atom stereocenters. The molecule has 0 bridgehead atoms. The Kier molecular flexibility index (Phi) is 24.5. The smallest absolute Gasteiger partial charge is 0.410 e. The van der Waals surface area contributed by atoms with Crippen LogP contribution in [0, 0.1) is 11.8 Å². The third kappa shape index (κ3) is 20.8. The first-order valence-corrected chi connectivity index (χ1v) is 30.5. The standard InChI is InChI=1S/C32H39N5O2.C31H42N4O4.C6H5NO/c38-31(34-17-12-26-4-2-1-3-5-26)29-8-6-27(7-9-29)24-36-20-22-37(23-21-36)32(39)30-13-18-35(19-14-30)25-28-10-15-33-16-11-28;1-31(2,3)39-30(38)35-17-14-27(15-18-35)29(37)34-21-19-33(20-22-34)23-25-9-11-26(12-10-25)28(36)32-16-13-24-7-5-4-6-8-24;8-5-6-1-3-7-4-2-6/h1-11,15-16,30H,12-14,17-25H2,(H,34,38);4-12,27H,13-23H2,1-3H3,(H,32,36);1-5H. The minimum atomic E-state index is -0.511. The molecule has 0 aliphatic carbocycles. The lowest BCUT2D eigenvalue weighted by molar-refractivity contribution is -0.139. The second-order valence-corrected chi connectivity index (χ2v) is 23.6. The number of hydrogen-bond acceptors (Lipinski definition) is 12. The van der Waals surface area contributed by atoms with Gasteiger partial charge in [-0.1, -0.05) is 84.9 Å². The van der Waals surface area contributed by atoms with Gasteiger partial charge in [0.15, 0.2) is 0 Å². The van der Waals surface area contributed by atoms with Crippen LogP contribution in [0.1, 0.15) is 105 Å². The van der Waals surface area contributed by atoms with E-state index in [0.29, 0.717) is 74.7 Å². The first kappa shape index (κ1) is 63.9. The minimum absolute atomic E-state index is 0.0263. The number of pyridine rings is 2. The zero-order chi connectivity index (χ0) is 60.5. The Balaban J connectivity index is 0.000000197. The Morgan fingerprint density at radius 3 is 1.21 bits per heavy atom. The third-order valence-electron chi connectivity index (χ3n) is 16.1. The van der Waals surface area contributed by atoms with Crippen LogP contribution in [0.4, 0.5) is 4.79 Å². The maximum atomic E-state index is 13.2. The van der Waals surface area contributed by atoms with Gasteiger partial charge in [0.05, 0.1) is 0 Å². The molecule has 5 amide bonds. The molecule has 4 fully saturated rings. The van der Waals surface area contributed by atoms with E-state index in [1.54, 1.807) is 29.4 Å². The molecule has 17 nitrogen and oxygen atoms in total. The van der Waals surface area contributed by atoms with Crippen LogP contribution >= 0.6 is 0 Å². The molecular weight excluding hydrogens is 1080 g/mol. The summed E-state index contributed by atoms with van der Waals surface area (Å²) in [4.78, 5) is 94.4. The first-order chi connectivity index (χ1) is 41.7. The van der Waals surface area contributed by atoms with Gasteiger partial charge in [0.25, 0.3) is 11.8 Å². The van der Waals surface area contributed by atoms with Crippen molar-refractivity contribution in [3.8, 4) is 0 Å². The molecule has 10 rings (SSSR count). The second kappa shape index (κ2) is 33.0. The Bertz CT molecular complexity index is 3030. The number of rotatable bonds is 17. The van der Waals surface area contributed by atoms with Gasteiger partial charge in [-0.25, -0.2) is 4.79 Å². The first-order valence-electron chi connectivity index (χ1n) is 30.5. The summed E-state index contributed by atoms with van der Waals surface area (Å²) in [6, 6.07) is 43.5. The number of benzene rings is 4. The van der Waals surface area contributed by atoms with Gasteiger partial charge in [0.2, 0.25) is 11.8 Å². The van der Waals surface area contributed by atoms with E-state index in [-0.39, 0.29) is 35.7 Å². The fourth-order valence-electron chi connectivity index (χ4n) is 11.1. The summed E-state index contributed by atoms with van der Waals surface area (Å²) in [5.41, 5.74) is 7.57. The molecule has 4 aromatic carbocycles. The number of carbonyl (C=O) groups excluding carboxylic acids is 6. The van der Waals surface area contributed by atoms with Gasteiger partial charge in [-0.2, -0.15) is 0 Å². The summed E-state index contributed by atoms with van der Waals surface area (Å²) in [6.07, 6.45) is 12.2. The van der Waals surface area contributed by atoms with Gasteiger partial charge in [-0.3, -0.25) is 48.6 Å². The quantitative estimate of drug-likeness (QED) is 0.0834. The number of nitrogens with zero attached hydrogens (tertiary/aromatic N) is 8. The highest BCUT2D eigenvalue weighted by Gasteiger charge is 2.34. The number of aldehydes is 1. The lowest BCUT2D eigenvalue weighted by Gasteiger charge is -2.38. The van der Waals surface area contributed by atoms with Gasteiger partial charge >= 0.3 is 6.09 Å². The Labute approximate surface area is 508 Å². The zero-order valence-electron chi connectivity index (χ0n) is 50.4. The van der Waals surface area contributed by atoms with Crippen LogP contribution in [0.25, 0.3) is 0 Å².